The van der Waals surface area contributed by atoms with E-state index >= 15 is 0 Å². The van der Waals surface area contributed by atoms with Crippen LogP contribution < -0.4 is 4.90 Å². The molecule has 3 aliphatic rings. The molecule has 0 N–H and O–H groups in total. The molecule has 3 heterocycles. The first-order chi connectivity index (χ1) is 14.3. The maximum Gasteiger partial charge on any atom is 0.329 e. The third kappa shape index (κ3) is 2.81. The quantitative estimate of drug-likeness (QED) is 0.527. The molecule has 2 aromatic carbocycles. The van der Waals surface area contributed by atoms with E-state index in [-0.39, 0.29) is 18.2 Å². The zero-order valence-corrected chi connectivity index (χ0v) is 17.1. The Morgan fingerprint density at radius 1 is 1.03 bits per heavy atom. The van der Waals surface area contributed by atoms with Crippen molar-refractivity contribution in [3.05, 3.63) is 65.5 Å². The molecular formula is C24H24FNO4. The first kappa shape index (κ1) is 19.1. The number of esters is 2. The number of halogens is 1. The summed E-state index contributed by atoms with van der Waals surface area (Å²) in [4.78, 5) is 28.7. The van der Waals surface area contributed by atoms with Crippen LogP contribution in [0.15, 0.2) is 48.5 Å². The van der Waals surface area contributed by atoms with E-state index in [9.17, 15) is 14.0 Å². The maximum absolute atomic E-state index is 14.1. The van der Waals surface area contributed by atoms with Crippen molar-refractivity contribution in [1.29, 1.82) is 0 Å². The molecule has 2 saturated heterocycles. The summed E-state index contributed by atoms with van der Waals surface area (Å²) in [7, 11) is 0. The molecule has 30 heavy (non-hydrogen) atoms. The van der Waals surface area contributed by atoms with Crippen LogP contribution >= 0.6 is 0 Å². The molecule has 5 rings (SSSR count). The van der Waals surface area contributed by atoms with E-state index in [0.29, 0.717) is 13.0 Å². The van der Waals surface area contributed by atoms with Crippen LogP contribution in [0.25, 0.3) is 0 Å². The summed E-state index contributed by atoms with van der Waals surface area (Å²) in [5.74, 6) is -2.54. The van der Waals surface area contributed by atoms with Crippen molar-refractivity contribution in [1.82, 2.24) is 0 Å². The van der Waals surface area contributed by atoms with Crippen LogP contribution in [0, 0.1) is 11.2 Å². The van der Waals surface area contributed by atoms with Crippen molar-refractivity contribution in [3.8, 4) is 0 Å². The van der Waals surface area contributed by atoms with Gasteiger partial charge in [0.05, 0.1) is 6.04 Å². The van der Waals surface area contributed by atoms with Crippen molar-refractivity contribution in [3.63, 3.8) is 0 Å². The molecule has 1 spiro atoms. The number of rotatable bonds is 1. The molecule has 0 aliphatic carbocycles. The number of carbonyl (C=O) groups is 2. The number of benzene rings is 2. The average Bonchev–Trinajstić information content (AvgIpc) is 2.72. The Kier molecular flexibility index (Phi) is 4.17. The van der Waals surface area contributed by atoms with Gasteiger partial charge in [0.15, 0.2) is 5.41 Å². The number of hydrogen-bond acceptors (Lipinski definition) is 5. The van der Waals surface area contributed by atoms with E-state index in [1.165, 1.54) is 17.7 Å². The molecule has 156 valence electrons. The summed E-state index contributed by atoms with van der Waals surface area (Å²) in [5.41, 5.74) is 1.24. The highest BCUT2D eigenvalue weighted by Crippen LogP contribution is 2.51. The Hall–Kier alpha value is -2.89. The van der Waals surface area contributed by atoms with Gasteiger partial charge in [0.1, 0.15) is 5.82 Å². The predicted octanol–water partition coefficient (Wildman–Crippen LogP) is 3.96. The average molecular weight is 409 g/mol. The van der Waals surface area contributed by atoms with Gasteiger partial charge in [0, 0.05) is 32.5 Å². The number of carbonyl (C=O) groups excluding carboxylic acids is 2. The van der Waals surface area contributed by atoms with Gasteiger partial charge < -0.3 is 14.4 Å². The fourth-order valence-corrected chi connectivity index (χ4v) is 5.27. The SMILES string of the molecule is CC1(C)OC(=O)C2(Cc3ccc(F)cc3N3CC[C@H](c4ccccc4)C[C@@H]32)C(=O)O1. The van der Waals surface area contributed by atoms with Crippen LogP contribution in [0.1, 0.15) is 43.7 Å². The highest BCUT2D eigenvalue weighted by molar-refractivity contribution is 6.04. The Balaban J connectivity index is 1.62. The number of piperidine rings is 1. The van der Waals surface area contributed by atoms with E-state index in [4.69, 9.17) is 9.47 Å². The normalized spacial score (nSPS) is 26.4. The number of fused-ring (bicyclic) bond motifs is 4. The minimum absolute atomic E-state index is 0.152. The van der Waals surface area contributed by atoms with E-state index < -0.39 is 29.2 Å². The molecule has 0 saturated carbocycles. The second-order valence-electron chi connectivity index (χ2n) is 8.94. The van der Waals surface area contributed by atoms with Crippen LogP contribution in [-0.4, -0.2) is 30.3 Å². The Morgan fingerprint density at radius 3 is 2.43 bits per heavy atom. The van der Waals surface area contributed by atoms with Crippen molar-refractivity contribution in [2.45, 2.75) is 50.9 Å². The van der Waals surface area contributed by atoms with Crippen molar-refractivity contribution in [2.75, 3.05) is 11.4 Å². The van der Waals surface area contributed by atoms with Crippen LogP contribution in [0.3, 0.4) is 0 Å². The van der Waals surface area contributed by atoms with Crippen molar-refractivity contribution < 1.29 is 23.5 Å². The molecule has 0 bridgehead atoms. The molecule has 0 aromatic heterocycles. The largest absolute Gasteiger partial charge is 0.422 e. The zero-order valence-electron chi connectivity index (χ0n) is 17.1. The number of ether oxygens (including phenoxy) is 2. The molecule has 5 nitrogen and oxygen atoms in total. The topological polar surface area (TPSA) is 55.8 Å². The zero-order chi connectivity index (χ0) is 21.1. The first-order valence-electron chi connectivity index (χ1n) is 10.4. The van der Waals surface area contributed by atoms with Gasteiger partial charge in [-0.3, -0.25) is 9.59 Å². The van der Waals surface area contributed by atoms with Gasteiger partial charge in [-0.15, -0.1) is 0 Å². The van der Waals surface area contributed by atoms with Crippen molar-refractivity contribution in [2.24, 2.45) is 5.41 Å². The van der Waals surface area contributed by atoms with E-state index in [1.807, 2.05) is 23.1 Å². The fourth-order valence-electron chi connectivity index (χ4n) is 5.27. The molecule has 0 unspecified atom stereocenters. The van der Waals surface area contributed by atoms with Crippen molar-refractivity contribution >= 4 is 17.6 Å². The summed E-state index contributed by atoms with van der Waals surface area (Å²) >= 11 is 0. The van der Waals surface area contributed by atoms with Gasteiger partial charge in [-0.1, -0.05) is 36.4 Å². The van der Waals surface area contributed by atoms with Crippen LogP contribution in [0.2, 0.25) is 0 Å². The van der Waals surface area contributed by atoms with Gasteiger partial charge in [-0.05, 0) is 42.0 Å². The minimum Gasteiger partial charge on any atom is -0.422 e. The van der Waals surface area contributed by atoms with Crippen LogP contribution in [0.4, 0.5) is 10.1 Å². The summed E-state index contributed by atoms with van der Waals surface area (Å²) in [5, 5.41) is 0. The number of cyclic esters (lactones) is 2. The predicted molar refractivity (Wildman–Crippen MR) is 108 cm³/mol. The molecule has 0 amide bonds. The molecule has 3 aliphatic heterocycles. The van der Waals surface area contributed by atoms with E-state index in [1.54, 1.807) is 19.9 Å². The van der Waals surface area contributed by atoms with Gasteiger partial charge in [0.25, 0.3) is 5.79 Å². The van der Waals surface area contributed by atoms with Gasteiger partial charge >= 0.3 is 11.9 Å². The second kappa shape index (κ2) is 6.56. The maximum atomic E-state index is 14.1. The molecule has 2 atom stereocenters. The third-order valence-corrected chi connectivity index (χ3v) is 6.67. The minimum atomic E-state index is -1.45. The number of nitrogens with zero attached hydrogens (tertiary/aromatic N) is 1. The Bertz CT molecular complexity index is 999. The third-order valence-electron chi connectivity index (χ3n) is 6.67. The van der Waals surface area contributed by atoms with Gasteiger partial charge in [-0.25, -0.2) is 4.39 Å². The number of hydrogen-bond donors (Lipinski definition) is 0. The lowest BCUT2D eigenvalue weighted by Crippen LogP contribution is -2.67. The summed E-state index contributed by atoms with van der Waals surface area (Å²) in [6, 6.07) is 14.2. The highest BCUT2D eigenvalue weighted by Gasteiger charge is 2.64. The summed E-state index contributed by atoms with van der Waals surface area (Å²) in [6.45, 7) is 3.74. The van der Waals surface area contributed by atoms with E-state index in [2.05, 4.69) is 12.1 Å². The lowest BCUT2D eigenvalue weighted by Gasteiger charge is -2.54. The lowest BCUT2D eigenvalue weighted by molar-refractivity contribution is -0.253. The van der Waals surface area contributed by atoms with Crippen LogP contribution in [-0.2, 0) is 25.5 Å². The molecule has 6 heteroatoms. The summed E-state index contributed by atoms with van der Waals surface area (Å²) in [6.07, 6.45) is 1.59. The first-order valence-corrected chi connectivity index (χ1v) is 10.4. The molecule has 2 aromatic rings. The smallest absolute Gasteiger partial charge is 0.329 e. The molecule has 0 radical (unpaired) electrons. The summed E-state index contributed by atoms with van der Waals surface area (Å²) < 4.78 is 25.2. The standard InChI is InChI=1S/C24H24FNO4/c1-23(2)29-21(27)24(22(28)30-23)14-17-8-9-18(25)13-19(17)26-11-10-16(12-20(24)26)15-6-4-3-5-7-15/h3-9,13,16,20H,10-12,14H2,1-2H3/t16-,20+/m0/s1. The lowest BCUT2D eigenvalue weighted by atomic mass is 9.65. The Morgan fingerprint density at radius 2 is 1.73 bits per heavy atom. The van der Waals surface area contributed by atoms with Crippen LogP contribution in [0.5, 0.6) is 0 Å². The highest BCUT2D eigenvalue weighted by atomic mass is 19.1. The second-order valence-corrected chi connectivity index (χ2v) is 8.94. The van der Waals surface area contributed by atoms with E-state index in [0.717, 1.165) is 17.7 Å². The Labute approximate surface area is 174 Å². The fraction of sp³-hybridized carbons (Fsp3) is 0.417. The number of anilines is 1. The monoisotopic (exact) mass is 409 g/mol. The van der Waals surface area contributed by atoms with Gasteiger partial charge in [0.2, 0.25) is 0 Å². The van der Waals surface area contributed by atoms with Gasteiger partial charge in [-0.2, -0.15) is 0 Å². The molecule has 2 fully saturated rings. The molecular weight excluding hydrogens is 385 g/mol.